The van der Waals surface area contributed by atoms with Crippen LogP contribution in [-0.4, -0.2) is 8.80 Å². The largest absolute Gasteiger partial charge is 0.356 e. The highest BCUT2D eigenvalue weighted by atomic mass is 79.9. The Hall–Kier alpha value is -9.68. The standard InChI is InChI=1S/C36H24N2.C24H14BrN.C12H11N/c1-3-12-26(13-4-1)37(27-14-5-2-6-15-27)33-20-9-7-16-28(33)25-22-23-35-32(24-25)31-19-11-18-30-29-17-8-10-21-34(29)38(35)36(30)31;25-21-10-3-1-6-16(21)15-12-13-23-20(14-15)19-9-5-8-18-17-7-2-4-11-22(17)26(23)24(18)19;1-3-7-11(8-4-1)13-12-9-5-2-6-10-12/h1-24H;1-14H;1-10,13H. The number of para-hydroxylation sites is 9. The van der Waals surface area contributed by atoms with Crippen molar-refractivity contribution < 1.29 is 0 Å². The predicted octanol–water partition coefficient (Wildman–Crippen LogP) is 20.7. The number of benzene rings is 12. The van der Waals surface area contributed by atoms with Crippen LogP contribution in [0.5, 0.6) is 0 Å². The molecule has 4 nitrogen and oxygen atoms in total. The van der Waals surface area contributed by atoms with Gasteiger partial charge in [0.1, 0.15) is 0 Å². The van der Waals surface area contributed by atoms with Crippen molar-refractivity contribution in [2.24, 2.45) is 0 Å². The molecule has 16 rings (SSSR count). The minimum Gasteiger partial charge on any atom is -0.356 e. The number of halogens is 1. The van der Waals surface area contributed by atoms with Crippen LogP contribution in [0.4, 0.5) is 28.4 Å². The van der Waals surface area contributed by atoms with Gasteiger partial charge in [0.05, 0.1) is 38.8 Å². The molecule has 0 spiro atoms. The molecule has 4 heterocycles. The van der Waals surface area contributed by atoms with E-state index in [1.807, 2.05) is 60.7 Å². The lowest BCUT2D eigenvalue weighted by molar-refractivity contribution is 1.28. The van der Waals surface area contributed by atoms with Gasteiger partial charge in [0.25, 0.3) is 0 Å². The molecule has 16 aromatic rings. The molecule has 0 aliphatic rings. The van der Waals surface area contributed by atoms with Crippen LogP contribution in [0, 0.1) is 0 Å². The summed E-state index contributed by atoms with van der Waals surface area (Å²) in [6, 6.07) is 103. The average molecular weight is 1050 g/mol. The van der Waals surface area contributed by atoms with E-state index in [4.69, 9.17) is 0 Å². The maximum Gasteiger partial charge on any atom is 0.0620 e. The summed E-state index contributed by atoms with van der Waals surface area (Å²) in [6.07, 6.45) is 0. The fourth-order valence-electron chi connectivity index (χ4n) is 11.6. The summed E-state index contributed by atoms with van der Waals surface area (Å²) in [6.45, 7) is 0. The van der Waals surface area contributed by atoms with Crippen molar-refractivity contribution in [3.8, 4) is 22.3 Å². The van der Waals surface area contributed by atoms with E-state index >= 15 is 0 Å². The van der Waals surface area contributed by atoms with Crippen LogP contribution in [0.3, 0.4) is 0 Å². The highest BCUT2D eigenvalue weighted by Gasteiger charge is 2.21. The van der Waals surface area contributed by atoms with Gasteiger partial charge in [-0.15, -0.1) is 0 Å². The molecule has 0 fully saturated rings. The topological polar surface area (TPSA) is 24.1 Å². The molecule has 77 heavy (non-hydrogen) atoms. The van der Waals surface area contributed by atoms with Gasteiger partial charge in [0.15, 0.2) is 0 Å². The first-order valence-electron chi connectivity index (χ1n) is 26.1. The highest BCUT2D eigenvalue weighted by Crippen LogP contribution is 2.45. The van der Waals surface area contributed by atoms with E-state index in [1.54, 1.807) is 0 Å². The van der Waals surface area contributed by atoms with Gasteiger partial charge in [-0.05, 0) is 114 Å². The van der Waals surface area contributed by atoms with Crippen LogP contribution >= 0.6 is 15.9 Å². The zero-order chi connectivity index (χ0) is 51.2. The van der Waals surface area contributed by atoms with Gasteiger partial charge in [0.2, 0.25) is 0 Å². The van der Waals surface area contributed by atoms with Crippen LogP contribution < -0.4 is 10.2 Å². The SMILES string of the molecule is Brc1ccccc1-c1ccc2c(c1)c1cccc3c4ccccc4n2c31.c1ccc(N(c2ccccc2)c2ccccc2-c2ccc3c(c2)c2cccc4c5ccccc5n3c42)cc1.c1ccc(Nc2ccccc2)cc1. The van der Waals surface area contributed by atoms with Crippen molar-refractivity contribution in [1.82, 2.24) is 8.80 Å². The first kappa shape index (κ1) is 45.9. The van der Waals surface area contributed by atoms with Crippen LogP contribution in [0.15, 0.2) is 296 Å². The lowest BCUT2D eigenvalue weighted by atomic mass is 9.99. The second-order valence-corrected chi connectivity index (χ2v) is 20.3. The van der Waals surface area contributed by atoms with Gasteiger partial charge in [-0.1, -0.05) is 210 Å². The maximum absolute atomic E-state index is 3.69. The molecule has 5 heteroatoms. The minimum atomic E-state index is 1.12. The van der Waals surface area contributed by atoms with E-state index in [0.29, 0.717) is 0 Å². The first-order chi connectivity index (χ1) is 38.2. The second-order valence-electron chi connectivity index (χ2n) is 19.4. The fourth-order valence-corrected chi connectivity index (χ4v) is 12.1. The van der Waals surface area contributed by atoms with E-state index in [0.717, 1.165) is 32.9 Å². The van der Waals surface area contributed by atoms with Crippen molar-refractivity contribution in [2.75, 3.05) is 10.2 Å². The zero-order valence-corrected chi connectivity index (χ0v) is 43.5. The van der Waals surface area contributed by atoms with E-state index in [2.05, 4.69) is 265 Å². The Kier molecular flexibility index (Phi) is 11.7. The third-order valence-electron chi connectivity index (χ3n) is 15.0. The quantitative estimate of drug-likeness (QED) is 0.172. The van der Waals surface area contributed by atoms with Crippen molar-refractivity contribution in [3.63, 3.8) is 0 Å². The number of rotatable bonds is 7. The normalized spacial score (nSPS) is 11.4. The molecule has 0 amide bonds. The Morgan fingerprint density at radius 1 is 0.286 bits per heavy atom. The summed E-state index contributed by atoms with van der Waals surface area (Å²) >= 11 is 3.69. The molecular weight excluding hydrogens is 1000 g/mol. The molecule has 0 unspecified atom stereocenters. The molecule has 0 aliphatic heterocycles. The van der Waals surface area contributed by atoms with Crippen LogP contribution in [0.25, 0.3) is 98.4 Å². The third-order valence-corrected chi connectivity index (χ3v) is 15.6. The van der Waals surface area contributed by atoms with Gasteiger partial charge < -0.3 is 19.0 Å². The smallest absolute Gasteiger partial charge is 0.0620 e. The molecule has 364 valence electrons. The summed E-state index contributed by atoms with van der Waals surface area (Å²) in [5, 5.41) is 13.8. The Bertz CT molecular complexity index is 4640. The molecule has 0 saturated carbocycles. The van der Waals surface area contributed by atoms with E-state index in [-0.39, 0.29) is 0 Å². The second kappa shape index (κ2) is 19.5. The molecule has 0 aliphatic carbocycles. The summed E-state index contributed by atoms with van der Waals surface area (Å²) in [4.78, 5) is 2.35. The average Bonchev–Trinajstić information content (AvgIpc) is 4.26. The van der Waals surface area contributed by atoms with Gasteiger partial charge in [0, 0.05) is 75.9 Å². The molecule has 1 N–H and O–H groups in total. The molecule has 4 aromatic heterocycles. The molecule has 0 saturated heterocycles. The van der Waals surface area contributed by atoms with Crippen LogP contribution in [-0.2, 0) is 0 Å². The monoisotopic (exact) mass is 1050 g/mol. The summed E-state index contributed by atoms with van der Waals surface area (Å²) in [7, 11) is 0. The van der Waals surface area contributed by atoms with Gasteiger partial charge in [-0.2, -0.15) is 0 Å². The number of fused-ring (bicyclic) bond motifs is 12. The van der Waals surface area contributed by atoms with Gasteiger partial charge in [-0.3, -0.25) is 0 Å². The maximum atomic E-state index is 3.69. The molecule has 0 bridgehead atoms. The number of hydrogen-bond donors (Lipinski definition) is 1. The lowest BCUT2D eigenvalue weighted by Gasteiger charge is -2.27. The van der Waals surface area contributed by atoms with E-state index in [9.17, 15) is 0 Å². The number of nitrogens with one attached hydrogen (secondary N) is 1. The van der Waals surface area contributed by atoms with Crippen LogP contribution in [0.1, 0.15) is 0 Å². The molecule has 0 radical (unpaired) electrons. The van der Waals surface area contributed by atoms with E-state index < -0.39 is 0 Å². The number of hydrogen-bond acceptors (Lipinski definition) is 2. The zero-order valence-electron chi connectivity index (χ0n) is 41.9. The van der Waals surface area contributed by atoms with Crippen molar-refractivity contribution in [3.05, 3.63) is 296 Å². The Balaban J connectivity index is 0.000000119. The summed E-state index contributed by atoms with van der Waals surface area (Å²) < 4.78 is 5.98. The first-order valence-corrected chi connectivity index (χ1v) is 26.9. The lowest BCUT2D eigenvalue weighted by Crippen LogP contribution is -2.10. The molecule has 0 atom stereocenters. The Morgan fingerprint density at radius 3 is 1.14 bits per heavy atom. The number of aromatic nitrogens is 2. The number of anilines is 5. The predicted molar refractivity (Wildman–Crippen MR) is 332 cm³/mol. The summed E-state index contributed by atoms with van der Waals surface area (Å²) in [5.41, 5.74) is 18.3. The fraction of sp³-hybridized carbons (Fsp3) is 0. The van der Waals surface area contributed by atoms with Crippen LogP contribution in [0.2, 0.25) is 0 Å². The van der Waals surface area contributed by atoms with Crippen molar-refractivity contribution >= 4 is 121 Å². The summed E-state index contributed by atoms with van der Waals surface area (Å²) in [5.74, 6) is 0. The highest BCUT2D eigenvalue weighted by molar-refractivity contribution is 9.10. The molecule has 12 aromatic carbocycles. The number of nitrogens with zero attached hydrogens (tertiary/aromatic N) is 3. The minimum absolute atomic E-state index is 1.12. The van der Waals surface area contributed by atoms with Gasteiger partial charge in [-0.25, -0.2) is 0 Å². The Labute approximate surface area is 454 Å². The van der Waals surface area contributed by atoms with Gasteiger partial charge >= 0.3 is 0 Å². The van der Waals surface area contributed by atoms with Crippen molar-refractivity contribution in [1.29, 1.82) is 0 Å². The van der Waals surface area contributed by atoms with E-state index in [1.165, 1.54) is 98.4 Å². The Morgan fingerprint density at radius 2 is 0.649 bits per heavy atom. The third kappa shape index (κ3) is 8.08. The molecular formula is C72H49BrN4. The van der Waals surface area contributed by atoms with Crippen molar-refractivity contribution in [2.45, 2.75) is 0 Å².